The monoisotopic (exact) mass is 380 g/mol. The minimum atomic E-state index is -3.59. The van der Waals surface area contributed by atoms with Gasteiger partial charge in [0, 0.05) is 31.2 Å². The molecule has 0 spiro atoms. The molecule has 0 aromatic heterocycles. The van der Waals surface area contributed by atoms with Crippen LogP contribution in [0.15, 0.2) is 23.1 Å². The third-order valence-corrected chi connectivity index (χ3v) is 7.85. The summed E-state index contributed by atoms with van der Waals surface area (Å²) in [5.74, 6) is 0. The van der Waals surface area contributed by atoms with Crippen LogP contribution in [-0.4, -0.2) is 57.9 Å². The maximum Gasteiger partial charge on any atom is 0.243 e. The van der Waals surface area contributed by atoms with Crippen LogP contribution in [0, 0.1) is 6.92 Å². The number of piperidine rings is 1. The highest BCUT2D eigenvalue weighted by atomic mass is 35.5. The maximum atomic E-state index is 12.7. The van der Waals surface area contributed by atoms with Gasteiger partial charge in [0.2, 0.25) is 20.0 Å². The van der Waals surface area contributed by atoms with Gasteiger partial charge in [-0.15, -0.1) is 0 Å². The van der Waals surface area contributed by atoms with E-state index in [9.17, 15) is 16.8 Å². The number of halogens is 1. The van der Waals surface area contributed by atoms with Gasteiger partial charge in [-0.05, 0) is 43.5 Å². The van der Waals surface area contributed by atoms with Gasteiger partial charge in [-0.3, -0.25) is 0 Å². The van der Waals surface area contributed by atoms with E-state index < -0.39 is 20.0 Å². The van der Waals surface area contributed by atoms with Gasteiger partial charge in [0.1, 0.15) is 0 Å². The number of nitrogens with zero attached hydrogens (tertiary/aromatic N) is 2. The molecule has 1 aliphatic rings. The first-order valence-electron chi connectivity index (χ1n) is 7.23. The van der Waals surface area contributed by atoms with Crippen LogP contribution in [0.1, 0.15) is 18.4 Å². The van der Waals surface area contributed by atoms with Gasteiger partial charge in [0.05, 0.1) is 11.2 Å². The van der Waals surface area contributed by atoms with E-state index in [1.54, 1.807) is 19.1 Å². The molecule has 1 fully saturated rings. The molecule has 0 saturated carbocycles. The zero-order valence-corrected chi connectivity index (χ0v) is 15.7. The van der Waals surface area contributed by atoms with Crippen LogP contribution < -0.4 is 0 Å². The SMILES string of the molecule is Cc1cc(Cl)ccc1S(=O)(=O)N1CCC(N(C)S(C)(=O)=O)CC1. The summed E-state index contributed by atoms with van der Waals surface area (Å²) in [6.45, 7) is 2.31. The third kappa shape index (κ3) is 4.06. The van der Waals surface area contributed by atoms with E-state index in [4.69, 9.17) is 11.6 Å². The van der Waals surface area contributed by atoms with Crippen LogP contribution in [-0.2, 0) is 20.0 Å². The molecule has 9 heteroatoms. The molecule has 1 saturated heterocycles. The summed E-state index contributed by atoms with van der Waals surface area (Å²) in [5.41, 5.74) is 0.605. The Balaban J connectivity index is 2.16. The number of hydrogen-bond acceptors (Lipinski definition) is 4. The van der Waals surface area contributed by atoms with Gasteiger partial charge in [0.25, 0.3) is 0 Å². The largest absolute Gasteiger partial charge is 0.243 e. The van der Waals surface area contributed by atoms with Crippen molar-refractivity contribution in [2.75, 3.05) is 26.4 Å². The van der Waals surface area contributed by atoms with E-state index in [-0.39, 0.29) is 10.9 Å². The summed E-state index contributed by atoms with van der Waals surface area (Å²) in [4.78, 5) is 0.247. The minimum Gasteiger partial charge on any atom is -0.213 e. The Morgan fingerprint density at radius 1 is 1.17 bits per heavy atom. The lowest BCUT2D eigenvalue weighted by Crippen LogP contribution is -2.47. The van der Waals surface area contributed by atoms with Crippen molar-refractivity contribution >= 4 is 31.6 Å². The normalized spacial score (nSPS) is 18.5. The Labute approximate surface area is 143 Å². The predicted octanol–water partition coefficient (Wildman–Crippen LogP) is 1.69. The lowest BCUT2D eigenvalue weighted by Gasteiger charge is -2.35. The fourth-order valence-electron chi connectivity index (χ4n) is 2.76. The number of sulfonamides is 2. The van der Waals surface area contributed by atoms with Crippen molar-refractivity contribution in [3.05, 3.63) is 28.8 Å². The molecule has 130 valence electrons. The summed E-state index contributed by atoms with van der Waals surface area (Å²) in [5, 5.41) is 0.495. The number of hydrogen-bond donors (Lipinski definition) is 0. The summed E-state index contributed by atoms with van der Waals surface area (Å²) < 4.78 is 51.4. The van der Waals surface area contributed by atoms with Crippen molar-refractivity contribution in [3.63, 3.8) is 0 Å². The zero-order valence-electron chi connectivity index (χ0n) is 13.4. The van der Waals surface area contributed by atoms with Crippen LogP contribution in [0.4, 0.5) is 0 Å². The van der Waals surface area contributed by atoms with Crippen LogP contribution in [0.3, 0.4) is 0 Å². The van der Waals surface area contributed by atoms with Crippen LogP contribution in [0.2, 0.25) is 5.02 Å². The van der Waals surface area contributed by atoms with E-state index in [1.807, 2.05) is 0 Å². The minimum absolute atomic E-state index is 0.164. The van der Waals surface area contributed by atoms with Crippen molar-refractivity contribution in [3.8, 4) is 0 Å². The van der Waals surface area contributed by atoms with E-state index in [1.165, 1.54) is 21.7 Å². The standard InChI is InChI=1S/C14H21ClN2O4S2/c1-11-10-12(15)4-5-14(11)23(20,21)17-8-6-13(7-9-17)16(2)22(3,18)19/h4-5,10,13H,6-9H2,1-3H3. The average molecular weight is 381 g/mol. The van der Waals surface area contributed by atoms with Crippen molar-refractivity contribution in [1.82, 2.24) is 8.61 Å². The molecule has 1 aromatic rings. The molecular weight excluding hydrogens is 360 g/mol. The number of benzene rings is 1. The first-order valence-corrected chi connectivity index (χ1v) is 10.9. The van der Waals surface area contributed by atoms with Gasteiger partial charge in [-0.2, -0.15) is 4.31 Å². The molecule has 0 radical (unpaired) electrons. The summed E-state index contributed by atoms with van der Waals surface area (Å²) in [7, 11) is -5.32. The summed E-state index contributed by atoms with van der Waals surface area (Å²) >= 11 is 5.88. The van der Waals surface area contributed by atoms with Crippen molar-refractivity contribution in [2.45, 2.75) is 30.7 Å². The molecule has 0 aliphatic carbocycles. The fourth-order valence-corrected chi connectivity index (χ4v) is 5.41. The van der Waals surface area contributed by atoms with Gasteiger partial charge in [-0.25, -0.2) is 21.1 Å². The highest BCUT2D eigenvalue weighted by molar-refractivity contribution is 7.89. The molecule has 2 rings (SSSR count). The highest BCUT2D eigenvalue weighted by Crippen LogP contribution is 2.26. The molecule has 1 heterocycles. The van der Waals surface area contributed by atoms with Crippen LogP contribution in [0.5, 0.6) is 0 Å². The van der Waals surface area contributed by atoms with Gasteiger partial charge < -0.3 is 0 Å². The zero-order chi connectivity index (χ0) is 17.4. The lowest BCUT2D eigenvalue weighted by atomic mass is 10.1. The lowest BCUT2D eigenvalue weighted by molar-refractivity contribution is 0.239. The smallest absolute Gasteiger partial charge is 0.213 e. The second-order valence-electron chi connectivity index (χ2n) is 5.82. The molecule has 1 aliphatic heterocycles. The van der Waals surface area contributed by atoms with E-state index in [0.29, 0.717) is 36.5 Å². The predicted molar refractivity (Wildman–Crippen MR) is 90.6 cm³/mol. The quantitative estimate of drug-likeness (QED) is 0.796. The topological polar surface area (TPSA) is 74.8 Å². The molecule has 23 heavy (non-hydrogen) atoms. The van der Waals surface area contributed by atoms with Gasteiger partial charge in [-0.1, -0.05) is 11.6 Å². The van der Waals surface area contributed by atoms with Crippen molar-refractivity contribution < 1.29 is 16.8 Å². The first kappa shape index (κ1) is 18.7. The fraction of sp³-hybridized carbons (Fsp3) is 0.571. The Morgan fingerprint density at radius 3 is 2.22 bits per heavy atom. The second-order valence-corrected chi connectivity index (χ2v) is 10.2. The number of aryl methyl sites for hydroxylation is 1. The van der Waals surface area contributed by atoms with Crippen LogP contribution in [0.25, 0.3) is 0 Å². The Bertz CT molecular complexity index is 785. The maximum absolute atomic E-state index is 12.7. The average Bonchev–Trinajstić information content (AvgIpc) is 2.45. The molecule has 0 unspecified atom stereocenters. The molecule has 0 atom stereocenters. The van der Waals surface area contributed by atoms with Crippen LogP contribution >= 0.6 is 11.6 Å². The second kappa shape index (κ2) is 6.68. The molecule has 6 nitrogen and oxygen atoms in total. The molecule has 0 amide bonds. The van der Waals surface area contributed by atoms with Gasteiger partial charge >= 0.3 is 0 Å². The van der Waals surface area contributed by atoms with E-state index in [2.05, 4.69) is 0 Å². The Morgan fingerprint density at radius 2 is 1.74 bits per heavy atom. The molecule has 0 bridgehead atoms. The van der Waals surface area contributed by atoms with Gasteiger partial charge in [0.15, 0.2) is 0 Å². The first-order chi connectivity index (χ1) is 10.5. The summed E-state index contributed by atoms with van der Waals surface area (Å²) in [6, 6.07) is 4.54. The van der Waals surface area contributed by atoms with Crippen molar-refractivity contribution in [2.24, 2.45) is 0 Å². The molecular formula is C14H21ClN2O4S2. The van der Waals surface area contributed by atoms with Crippen molar-refractivity contribution in [1.29, 1.82) is 0 Å². The van der Waals surface area contributed by atoms with E-state index in [0.717, 1.165) is 6.26 Å². The molecule has 0 N–H and O–H groups in total. The number of rotatable bonds is 4. The Kier molecular flexibility index (Phi) is 5.42. The third-order valence-electron chi connectivity index (χ3n) is 4.22. The molecule has 1 aromatic carbocycles. The summed E-state index contributed by atoms with van der Waals surface area (Å²) in [6.07, 6.45) is 2.12. The Hall–Kier alpha value is -0.670. The highest BCUT2D eigenvalue weighted by Gasteiger charge is 2.33. The van der Waals surface area contributed by atoms with E-state index >= 15 is 0 Å².